The Bertz CT molecular complexity index is 641. The lowest BCUT2D eigenvalue weighted by molar-refractivity contribution is 0.356. The Kier molecular flexibility index (Phi) is 5.60. The largest absolute Gasteiger partial charge is 0.360 e. The lowest BCUT2D eigenvalue weighted by atomic mass is 9.95. The summed E-state index contributed by atoms with van der Waals surface area (Å²) in [5.74, 6) is 1.61. The van der Waals surface area contributed by atoms with Gasteiger partial charge in [-0.1, -0.05) is 31.1 Å². The first-order valence-electron chi connectivity index (χ1n) is 8.51. The molecule has 5 nitrogen and oxygen atoms in total. The van der Waals surface area contributed by atoms with E-state index in [9.17, 15) is 4.39 Å². The number of nitrogens with one attached hydrogen (secondary N) is 3. The van der Waals surface area contributed by atoms with Gasteiger partial charge in [-0.3, -0.25) is 5.43 Å². The highest BCUT2D eigenvalue weighted by Gasteiger charge is 2.27. The third-order valence-corrected chi connectivity index (χ3v) is 4.25. The van der Waals surface area contributed by atoms with Gasteiger partial charge >= 0.3 is 0 Å². The van der Waals surface area contributed by atoms with Crippen molar-refractivity contribution < 1.29 is 8.91 Å². The Labute approximate surface area is 142 Å². The summed E-state index contributed by atoms with van der Waals surface area (Å²) in [6.07, 6.45) is 0.937. The molecule has 130 valence electrons. The molecule has 0 radical (unpaired) electrons. The van der Waals surface area contributed by atoms with E-state index >= 15 is 0 Å². The van der Waals surface area contributed by atoms with E-state index in [4.69, 9.17) is 4.52 Å². The van der Waals surface area contributed by atoms with Crippen LogP contribution in [0.4, 0.5) is 4.39 Å². The molecule has 1 fully saturated rings. The molecule has 0 saturated carbocycles. The van der Waals surface area contributed by atoms with Crippen LogP contribution in [0, 0.1) is 17.7 Å². The zero-order valence-corrected chi connectivity index (χ0v) is 14.2. The molecule has 1 aliphatic heterocycles. The van der Waals surface area contributed by atoms with Crippen LogP contribution < -0.4 is 16.2 Å². The third kappa shape index (κ3) is 4.41. The topological polar surface area (TPSA) is 62.1 Å². The molecule has 0 spiro atoms. The molecular formula is C18H25FN4O. The van der Waals surface area contributed by atoms with Gasteiger partial charge in [0, 0.05) is 25.1 Å². The summed E-state index contributed by atoms with van der Waals surface area (Å²) in [5.41, 5.74) is 8.56. The molecule has 3 rings (SSSR count). The maximum absolute atomic E-state index is 13.1. The fourth-order valence-corrected chi connectivity index (χ4v) is 3.09. The van der Waals surface area contributed by atoms with Gasteiger partial charge in [0.15, 0.2) is 5.76 Å². The van der Waals surface area contributed by atoms with Gasteiger partial charge in [0.1, 0.15) is 5.82 Å². The van der Waals surface area contributed by atoms with Crippen LogP contribution >= 0.6 is 0 Å². The van der Waals surface area contributed by atoms with Crippen LogP contribution in [0.15, 0.2) is 34.9 Å². The molecule has 2 heterocycles. The SMILES string of the molecule is CC(C)Cc1cc(CNCC2CNNC2c2ccc(F)cc2)on1. The predicted octanol–water partition coefficient (Wildman–Crippen LogP) is 2.57. The van der Waals surface area contributed by atoms with Crippen molar-refractivity contribution in [2.24, 2.45) is 11.8 Å². The van der Waals surface area contributed by atoms with Crippen molar-refractivity contribution in [1.29, 1.82) is 0 Å². The van der Waals surface area contributed by atoms with Crippen molar-refractivity contribution in [2.45, 2.75) is 32.9 Å². The second kappa shape index (κ2) is 7.88. The van der Waals surface area contributed by atoms with Crippen LogP contribution in [0.25, 0.3) is 0 Å². The number of benzene rings is 1. The Balaban J connectivity index is 1.50. The van der Waals surface area contributed by atoms with Crippen LogP contribution in [-0.2, 0) is 13.0 Å². The molecule has 0 amide bonds. The molecule has 2 aromatic rings. The summed E-state index contributed by atoms with van der Waals surface area (Å²) < 4.78 is 18.4. The van der Waals surface area contributed by atoms with E-state index in [1.165, 1.54) is 12.1 Å². The molecule has 24 heavy (non-hydrogen) atoms. The highest BCUT2D eigenvalue weighted by atomic mass is 19.1. The number of nitrogens with zero attached hydrogens (tertiary/aromatic N) is 1. The van der Waals surface area contributed by atoms with E-state index in [0.29, 0.717) is 18.4 Å². The van der Waals surface area contributed by atoms with Gasteiger partial charge in [-0.25, -0.2) is 9.82 Å². The van der Waals surface area contributed by atoms with E-state index in [0.717, 1.165) is 36.5 Å². The smallest absolute Gasteiger partial charge is 0.150 e. The Morgan fingerprint density at radius 2 is 2.12 bits per heavy atom. The normalized spacial score (nSPS) is 20.8. The summed E-state index contributed by atoms with van der Waals surface area (Å²) in [7, 11) is 0. The summed E-state index contributed by atoms with van der Waals surface area (Å²) in [6.45, 7) is 6.70. The number of rotatable bonds is 7. The minimum atomic E-state index is -0.207. The molecule has 0 aliphatic carbocycles. The van der Waals surface area contributed by atoms with Gasteiger partial charge in [-0.15, -0.1) is 0 Å². The molecule has 1 aromatic heterocycles. The van der Waals surface area contributed by atoms with Crippen molar-refractivity contribution in [1.82, 2.24) is 21.3 Å². The first kappa shape index (κ1) is 17.1. The van der Waals surface area contributed by atoms with Crippen molar-refractivity contribution in [3.8, 4) is 0 Å². The Morgan fingerprint density at radius 1 is 1.33 bits per heavy atom. The summed E-state index contributed by atoms with van der Waals surface area (Å²) in [6, 6.07) is 8.87. The Hall–Kier alpha value is -1.76. The molecule has 2 unspecified atom stereocenters. The van der Waals surface area contributed by atoms with Crippen molar-refractivity contribution in [2.75, 3.05) is 13.1 Å². The fraction of sp³-hybridized carbons (Fsp3) is 0.500. The molecule has 3 N–H and O–H groups in total. The van der Waals surface area contributed by atoms with Crippen molar-refractivity contribution in [3.05, 3.63) is 53.2 Å². The zero-order valence-electron chi connectivity index (χ0n) is 14.2. The van der Waals surface area contributed by atoms with Gasteiger partial charge in [0.25, 0.3) is 0 Å². The minimum Gasteiger partial charge on any atom is -0.360 e. The summed E-state index contributed by atoms with van der Waals surface area (Å²) >= 11 is 0. The monoisotopic (exact) mass is 332 g/mol. The number of hydrazine groups is 1. The second-order valence-corrected chi connectivity index (χ2v) is 6.83. The number of hydrogen-bond acceptors (Lipinski definition) is 5. The molecule has 0 bridgehead atoms. The van der Waals surface area contributed by atoms with Crippen molar-refractivity contribution in [3.63, 3.8) is 0 Å². The van der Waals surface area contributed by atoms with Gasteiger partial charge in [0.05, 0.1) is 18.3 Å². The van der Waals surface area contributed by atoms with Crippen LogP contribution in [0.5, 0.6) is 0 Å². The zero-order chi connectivity index (χ0) is 16.9. The third-order valence-electron chi connectivity index (χ3n) is 4.25. The lowest BCUT2D eigenvalue weighted by Crippen LogP contribution is -2.28. The molecule has 2 atom stereocenters. The molecule has 1 aliphatic rings. The molecule has 1 aromatic carbocycles. The first-order chi connectivity index (χ1) is 11.6. The molecular weight excluding hydrogens is 307 g/mol. The number of aromatic nitrogens is 1. The van der Waals surface area contributed by atoms with E-state index in [2.05, 4.69) is 35.2 Å². The quantitative estimate of drug-likeness (QED) is 0.727. The van der Waals surface area contributed by atoms with Gasteiger partial charge in [0.2, 0.25) is 0 Å². The number of hydrogen-bond donors (Lipinski definition) is 3. The maximum Gasteiger partial charge on any atom is 0.150 e. The highest BCUT2D eigenvalue weighted by molar-refractivity contribution is 5.21. The van der Waals surface area contributed by atoms with Crippen LogP contribution in [0.1, 0.15) is 36.9 Å². The maximum atomic E-state index is 13.1. The second-order valence-electron chi connectivity index (χ2n) is 6.83. The van der Waals surface area contributed by atoms with E-state index in [1.54, 1.807) is 0 Å². The van der Waals surface area contributed by atoms with E-state index in [-0.39, 0.29) is 11.9 Å². The average molecular weight is 332 g/mol. The van der Waals surface area contributed by atoms with Crippen LogP contribution in [-0.4, -0.2) is 18.2 Å². The summed E-state index contributed by atoms with van der Waals surface area (Å²) in [4.78, 5) is 0. The number of halogens is 1. The summed E-state index contributed by atoms with van der Waals surface area (Å²) in [5, 5.41) is 7.54. The average Bonchev–Trinajstić information content (AvgIpc) is 3.17. The van der Waals surface area contributed by atoms with E-state index < -0.39 is 0 Å². The molecule has 1 saturated heterocycles. The standard InChI is InChI=1S/C18H25FN4O/c1-12(2)7-16-8-17(24-23-16)11-20-9-14-10-21-22-18(14)13-3-5-15(19)6-4-13/h3-6,8,12,14,18,20-22H,7,9-11H2,1-2H3. The first-order valence-corrected chi connectivity index (χ1v) is 8.51. The van der Waals surface area contributed by atoms with Gasteiger partial charge in [-0.2, -0.15) is 0 Å². The lowest BCUT2D eigenvalue weighted by Gasteiger charge is -2.19. The van der Waals surface area contributed by atoms with Crippen LogP contribution in [0.3, 0.4) is 0 Å². The van der Waals surface area contributed by atoms with Crippen LogP contribution in [0.2, 0.25) is 0 Å². The predicted molar refractivity (Wildman–Crippen MR) is 90.5 cm³/mol. The molecule has 6 heteroatoms. The Morgan fingerprint density at radius 3 is 2.88 bits per heavy atom. The van der Waals surface area contributed by atoms with Gasteiger partial charge in [-0.05, 0) is 30.0 Å². The highest BCUT2D eigenvalue weighted by Crippen LogP contribution is 2.24. The fourth-order valence-electron chi connectivity index (χ4n) is 3.09. The van der Waals surface area contributed by atoms with Gasteiger partial charge < -0.3 is 9.84 Å². The van der Waals surface area contributed by atoms with Crippen molar-refractivity contribution >= 4 is 0 Å². The minimum absolute atomic E-state index is 0.171. The van der Waals surface area contributed by atoms with E-state index in [1.807, 2.05) is 18.2 Å².